The largest absolute Gasteiger partial charge is 0.417 e. The molecule has 1 saturated carbocycles. The Labute approximate surface area is 183 Å². The number of nitrogens with zero attached hydrogens (tertiary/aromatic N) is 2. The van der Waals surface area contributed by atoms with E-state index in [1.165, 1.54) is 6.07 Å². The van der Waals surface area contributed by atoms with E-state index in [9.17, 15) is 31.1 Å². The lowest BCUT2D eigenvalue weighted by Crippen LogP contribution is -2.32. The van der Waals surface area contributed by atoms with Crippen LogP contribution in [-0.2, 0) is 17.2 Å². The highest BCUT2D eigenvalue weighted by atomic mass is 35.5. The molecule has 1 N–H and O–H groups in total. The fourth-order valence-corrected chi connectivity index (χ4v) is 2.93. The first kappa shape index (κ1) is 23.8. The van der Waals surface area contributed by atoms with Crippen molar-refractivity contribution in [3.8, 4) is 0 Å². The van der Waals surface area contributed by atoms with Gasteiger partial charge in [-0.25, -0.2) is 0 Å². The van der Waals surface area contributed by atoms with Gasteiger partial charge in [-0.05, 0) is 37.0 Å². The molecule has 1 aliphatic rings. The number of oxime groups is 1. The fourth-order valence-electron chi connectivity index (χ4n) is 2.66. The van der Waals surface area contributed by atoms with E-state index >= 15 is 0 Å². The minimum absolute atomic E-state index is 0.137. The minimum atomic E-state index is -4.75. The van der Waals surface area contributed by atoms with E-state index in [1.54, 1.807) is 0 Å². The second kappa shape index (κ2) is 9.35. The predicted molar refractivity (Wildman–Crippen MR) is 103 cm³/mol. The molecular formula is C20H16ClF6N3O2. The van der Waals surface area contributed by atoms with Crippen LogP contribution in [0.5, 0.6) is 0 Å². The summed E-state index contributed by atoms with van der Waals surface area (Å²) in [6, 6.07) is 4.82. The SMILES string of the molecule is O=C(NC/C(=N/OCC1CC1)c1ncc(C(F)(F)F)cc1Cl)c1ccccc1C(F)(F)F. The zero-order chi connectivity index (χ0) is 23.5. The van der Waals surface area contributed by atoms with E-state index in [-0.39, 0.29) is 18.0 Å². The van der Waals surface area contributed by atoms with Crippen molar-refractivity contribution in [2.45, 2.75) is 25.2 Å². The van der Waals surface area contributed by atoms with Gasteiger partial charge >= 0.3 is 12.4 Å². The Balaban J connectivity index is 1.82. The topological polar surface area (TPSA) is 63.6 Å². The molecule has 0 radical (unpaired) electrons. The van der Waals surface area contributed by atoms with Crippen molar-refractivity contribution < 1.29 is 36.0 Å². The van der Waals surface area contributed by atoms with Gasteiger partial charge in [-0.1, -0.05) is 28.9 Å². The van der Waals surface area contributed by atoms with Gasteiger partial charge in [0.1, 0.15) is 18.0 Å². The van der Waals surface area contributed by atoms with Crippen LogP contribution < -0.4 is 5.32 Å². The van der Waals surface area contributed by atoms with E-state index in [4.69, 9.17) is 16.4 Å². The van der Waals surface area contributed by atoms with Crippen molar-refractivity contribution in [1.82, 2.24) is 10.3 Å². The zero-order valence-electron chi connectivity index (χ0n) is 16.2. The highest BCUT2D eigenvalue weighted by molar-refractivity contribution is 6.34. The molecule has 1 fully saturated rings. The molecule has 1 aromatic carbocycles. The van der Waals surface area contributed by atoms with Crippen molar-refractivity contribution in [3.63, 3.8) is 0 Å². The van der Waals surface area contributed by atoms with Crippen molar-refractivity contribution in [3.05, 3.63) is 63.9 Å². The van der Waals surface area contributed by atoms with Gasteiger partial charge in [-0.15, -0.1) is 0 Å². The number of alkyl halides is 6. The van der Waals surface area contributed by atoms with Gasteiger partial charge in [0.15, 0.2) is 0 Å². The van der Waals surface area contributed by atoms with Crippen LogP contribution in [0.2, 0.25) is 5.02 Å². The van der Waals surface area contributed by atoms with Gasteiger partial charge in [0, 0.05) is 6.20 Å². The van der Waals surface area contributed by atoms with Crippen molar-refractivity contribution in [2.75, 3.05) is 13.2 Å². The summed E-state index contributed by atoms with van der Waals surface area (Å²) in [6.07, 6.45) is -7.01. The monoisotopic (exact) mass is 479 g/mol. The number of halogens is 7. The molecule has 0 saturated heterocycles. The van der Waals surface area contributed by atoms with Gasteiger partial charge in [0.05, 0.1) is 28.3 Å². The number of hydrogen-bond acceptors (Lipinski definition) is 4. The van der Waals surface area contributed by atoms with E-state index in [0.29, 0.717) is 18.2 Å². The average molecular weight is 480 g/mol. The number of rotatable bonds is 7. The molecule has 0 spiro atoms. The zero-order valence-corrected chi connectivity index (χ0v) is 17.0. The lowest BCUT2D eigenvalue weighted by molar-refractivity contribution is -0.138. The third-order valence-electron chi connectivity index (χ3n) is 4.52. The Bertz CT molecular complexity index is 1020. The van der Waals surface area contributed by atoms with Crippen LogP contribution in [0.4, 0.5) is 26.3 Å². The van der Waals surface area contributed by atoms with Crippen LogP contribution in [-0.4, -0.2) is 29.8 Å². The summed E-state index contributed by atoms with van der Waals surface area (Å²) >= 11 is 5.94. The first-order valence-corrected chi connectivity index (χ1v) is 9.71. The fraction of sp³-hybridized carbons (Fsp3) is 0.350. The van der Waals surface area contributed by atoms with Gasteiger partial charge in [-0.3, -0.25) is 9.78 Å². The summed E-state index contributed by atoms with van der Waals surface area (Å²) in [5, 5.41) is 5.68. The summed E-state index contributed by atoms with van der Waals surface area (Å²) in [4.78, 5) is 21.3. The molecule has 1 amide bonds. The molecule has 12 heteroatoms. The second-order valence-electron chi connectivity index (χ2n) is 7.06. The molecule has 0 bridgehead atoms. The molecule has 0 aliphatic heterocycles. The summed E-state index contributed by atoms with van der Waals surface area (Å²) in [6.45, 7) is -0.236. The minimum Gasteiger partial charge on any atom is -0.395 e. The number of amides is 1. The van der Waals surface area contributed by atoms with E-state index in [2.05, 4.69) is 15.5 Å². The van der Waals surface area contributed by atoms with E-state index < -0.39 is 46.5 Å². The van der Waals surface area contributed by atoms with Crippen LogP contribution in [0.3, 0.4) is 0 Å². The maximum atomic E-state index is 13.2. The number of carbonyl (C=O) groups is 1. The maximum Gasteiger partial charge on any atom is 0.417 e. The van der Waals surface area contributed by atoms with Crippen LogP contribution >= 0.6 is 11.6 Å². The Morgan fingerprint density at radius 1 is 1.16 bits per heavy atom. The highest BCUT2D eigenvalue weighted by Crippen LogP contribution is 2.33. The normalized spacial score (nSPS) is 14.9. The quantitative estimate of drug-likeness (QED) is 0.331. The number of benzene rings is 1. The smallest absolute Gasteiger partial charge is 0.395 e. The Morgan fingerprint density at radius 2 is 1.84 bits per heavy atom. The van der Waals surface area contributed by atoms with Crippen LogP contribution in [0, 0.1) is 5.92 Å². The predicted octanol–water partition coefficient (Wildman–Crippen LogP) is 5.33. The van der Waals surface area contributed by atoms with Crippen molar-refractivity contribution in [1.29, 1.82) is 0 Å². The van der Waals surface area contributed by atoms with Crippen LogP contribution in [0.1, 0.15) is 40.0 Å². The number of pyridine rings is 1. The van der Waals surface area contributed by atoms with E-state index in [1.807, 2.05) is 0 Å². The molecular weight excluding hydrogens is 464 g/mol. The molecule has 0 unspecified atom stereocenters. The van der Waals surface area contributed by atoms with Crippen molar-refractivity contribution in [2.24, 2.45) is 11.1 Å². The number of aromatic nitrogens is 1. The summed E-state index contributed by atoms with van der Waals surface area (Å²) in [5.41, 5.74) is -3.17. The molecule has 0 atom stereocenters. The summed E-state index contributed by atoms with van der Waals surface area (Å²) < 4.78 is 78.1. The third-order valence-corrected chi connectivity index (χ3v) is 4.81. The molecule has 1 aromatic heterocycles. The Kier molecular flexibility index (Phi) is 6.97. The Morgan fingerprint density at radius 3 is 2.44 bits per heavy atom. The van der Waals surface area contributed by atoms with E-state index in [0.717, 1.165) is 31.0 Å². The number of hydrogen-bond donors (Lipinski definition) is 1. The second-order valence-corrected chi connectivity index (χ2v) is 7.46. The summed E-state index contributed by atoms with van der Waals surface area (Å²) in [5.74, 6) is -0.764. The van der Waals surface area contributed by atoms with Crippen LogP contribution in [0.25, 0.3) is 0 Å². The van der Waals surface area contributed by atoms with Gasteiger partial charge in [-0.2, -0.15) is 26.3 Å². The highest BCUT2D eigenvalue weighted by Gasteiger charge is 2.35. The van der Waals surface area contributed by atoms with Gasteiger partial charge in [0.2, 0.25) is 0 Å². The van der Waals surface area contributed by atoms with Gasteiger partial charge in [0.25, 0.3) is 5.91 Å². The standard InChI is InChI=1S/C20H16ClF6N3O2/c21-15-7-12(19(22,23)24)8-28-17(15)16(30-32-10-11-5-6-11)9-29-18(31)13-3-1-2-4-14(13)20(25,26)27/h1-4,7-8,11H,5-6,9-10H2,(H,29,31)/b30-16-. The van der Waals surface area contributed by atoms with Crippen LogP contribution in [0.15, 0.2) is 41.7 Å². The lowest BCUT2D eigenvalue weighted by Gasteiger charge is -2.14. The molecule has 172 valence electrons. The lowest BCUT2D eigenvalue weighted by atomic mass is 10.1. The summed E-state index contributed by atoms with van der Waals surface area (Å²) in [7, 11) is 0. The number of carbonyl (C=O) groups excluding carboxylic acids is 1. The number of nitrogens with one attached hydrogen (secondary N) is 1. The first-order chi connectivity index (χ1) is 15.0. The Hall–Kier alpha value is -2.82. The molecule has 2 aromatic rings. The first-order valence-electron chi connectivity index (χ1n) is 9.33. The molecule has 5 nitrogen and oxygen atoms in total. The van der Waals surface area contributed by atoms with Crippen molar-refractivity contribution >= 4 is 23.2 Å². The van der Waals surface area contributed by atoms with Gasteiger partial charge < -0.3 is 10.2 Å². The average Bonchev–Trinajstić information content (AvgIpc) is 3.53. The molecule has 3 rings (SSSR count). The maximum absolute atomic E-state index is 13.2. The third kappa shape index (κ3) is 6.12. The molecule has 1 heterocycles. The molecule has 32 heavy (non-hydrogen) atoms. The molecule has 1 aliphatic carbocycles.